The van der Waals surface area contributed by atoms with E-state index in [1.165, 1.54) is 18.4 Å². The van der Waals surface area contributed by atoms with Gasteiger partial charge in [-0.15, -0.1) is 12.4 Å². The van der Waals surface area contributed by atoms with Crippen molar-refractivity contribution in [2.45, 2.75) is 31.2 Å². The third-order valence-corrected chi connectivity index (χ3v) is 5.42. The molecule has 2 aliphatic rings. The molecular weight excluding hydrogens is 306 g/mol. The number of halogens is 1. The molecule has 0 spiro atoms. The molecule has 2 nitrogen and oxygen atoms in total. The Morgan fingerprint density at radius 3 is 2.87 bits per heavy atom. The Morgan fingerprint density at radius 2 is 2.00 bits per heavy atom. The molecule has 4 rings (SSSR count). The van der Waals surface area contributed by atoms with Gasteiger partial charge in [-0.25, -0.2) is 0 Å². The minimum Gasteiger partial charge on any atom is -0.497 e. The van der Waals surface area contributed by atoms with Gasteiger partial charge in [0.15, 0.2) is 0 Å². The second-order valence-electron chi connectivity index (χ2n) is 6.58. The van der Waals surface area contributed by atoms with Crippen molar-refractivity contribution >= 4 is 12.4 Å². The van der Waals surface area contributed by atoms with E-state index in [1.54, 1.807) is 18.2 Å². The maximum Gasteiger partial charge on any atom is 0.119 e. The van der Waals surface area contributed by atoms with Crippen molar-refractivity contribution in [3.63, 3.8) is 0 Å². The number of aryl methyl sites for hydroxylation is 1. The number of hydrogen-bond acceptors (Lipinski definition) is 2. The largest absolute Gasteiger partial charge is 0.497 e. The van der Waals surface area contributed by atoms with E-state index >= 15 is 0 Å². The average Bonchev–Trinajstić information content (AvgIpc) is 2.98. The van der Waals surface area contributed by atoms with Gasteiger partial charge in [0.2, 0.25) is 0 Å². The molecule has 0 saturated carbocycles. The van der Waals surface area contributed by atoms with E-state index in [2.05, 4.69) is 47.8 Å². The fourth-order valence-electron chi connectivity index (χ4n) is 4.33. The molecule has 122 valence electrons. The lowest BCUT2D eigenvalue weighted by Crippen LogP contribution is -2.31. The van der Waals surface area contributed by atoms with Crippen molar-refractivity contribution < 1.29 is 4.74 Å². The minimum absolute atomic E-state index is 0. The Bertz CT molecular complexity index is 672. The van der Waals surface area contributed by atoms with Crippen molar-refractivity contribution in [3.05, 3.63) is 65.2 Å². The van der Waals surface area contributed by atoms with Crippen LogP contribution in [0.5, 0.6) is 5.75 Å². The molecule has 1 N–H and O–H groups in total. The van der Waals surface area contributed by atoms with E-state index in [0.29, 0.717) is 12.0 Å². The van der Waals surface area contributed by atoms with E-state index in [4.69, 9.17) is 4.74 Å². The predicted octanol–water partition coefficient (Wildman–Crippen LogP) is 3.98. The molecule has 1 aliphatic carbocycles. The molecule has 1 unspecified atom stereocenters. The summed E-state index contributed by atoms with van der Waals surface area (Å²) in [7, 11) is 1.74. The van der Waals surface area contributed by atoms with Gasteiger partial charge in [0.05, 0.1) is 7.11 Å². The van der Waals surface area contributed by atoms with Crippen LogP contribution in [0.15, 0.2) is 48.5 Å². The highest BCUT2D eigenvalue weighted by atomic mass is 35.5. The van der Waals surface area contributed by atoms with Gasteiger partial charge < -0.3 is 10.1 Å². The summed E-state index contributed by atoms with van der Waals surface area (Å²) in [4.78, 5) is 0. The fourth-order valence-corrected chi connectivity index (χ4v) is 4.33. The van der Waals surface area contributed by atoms with Gasteiger partial charge in [0.1, 0.15) is 5.75 Å². The van der Waals surface area contributed by atoms with Crippen LogP contribution in [0.4, 0.5) is 0 Å². The Morgan fingerprint density at radius 1 is 1.13 bits per heavy atom. The summed E-state index contributed by atoms with van der Waals surface area (Å²) in [5, 5.41) is 3.78. The molecule has 0 radical (unpaired) electrons. The van der Waals surface area contributed by atoms with Gasteiger partial charge in [0, 0.05) is 18.5 Å². The Kier molecular flexibility index (Phi) is 4.93. The van der Waals surface area contributed by atoms with Crippen LogP contribution in [0.1, 0.15) is 29.0 Å². The zero-order valence-electron chi connectivity index (χ0n) is 13.5. The first-order chi connectivity index (χ1) is 10.8. The highest BCUT2D eigenvalue weighted by Gasteiger charge is 2.39. The number of nitrogens with one attached hydrogen (secondary N) is 1. The second-order valence-corrected chi connectivity index (χ2v) is 6.58. The summed E-state index contributed by atoms with van der Waals surface area (Å²) in [5.74, 6) is 2.42. The lowest BCUT2D eigenvalue weighted by atomic mass is 9.74. The number of ether oxygens (including phenoxy) is 1. The summed E-state index contributed by atoms with van der Waals surface area (Å²) in [6.07, 6.45) is 3.64. The molecule has 23 heavy (non-hydrogen) atoms. The molecular formula is C20H24ClNO. The van der Waals surface area contributed by atoms with Crippen molar-refractivity contribution in [1.29, 1.82) is 0 Å². The number of methoxy groups -OCH3 is 1. The third kappa shape index (κ3) is 3.11. The van der Waals surface area contributed by atoms with Gasteiger partial charge in [-0.1, -0.05) is 36.4 Å². The van der Waals surface area contributed by atoms with E-state index < -0.39 is 0 Å². The highest BCUT2D eigenvalue weighted by molar-refractivity contribution is 5.85. The maximum atomic E-state index is 5.35. The Hall–Kier alpha value is -1.51. The smallest absolute Gasteiger partial charge is 0.119 e. The fraction of sp³-hybridized carbons (Fsp3) is 0.400. The summed E-state index contributed by atoms with van der Waals surface area (Å²) in [6, 6.07) is 18.1. The van der Waals surface area contributed by atoms with Crippen LogP contribution in [0.2, 0.25) is 0 Å². The van der Waals surface area contributed by atoms with Crippen LogP contribution in [0.25, 0.3) is 0 Å². The van der Waals surface area contributed by atoms with Gasteiger partial charge >= 0.3 is 0 Å². The molecule has 3 atom stereocenters. The SMILES string of the molecule is COc1cccc(C[C@H]2NC[C@H]3c4ccccc4CCC23)c1.Cl. The van der Waals surface area contributed by atoms with Gasteiger partial charge in [0.25, 0.3) is 0 Å². The van der Waals surface area contributed by atoms with Crippen LogP contribution >= 0.6 is 12.4 Å². The number of rotatable bonds is 3. The number of fused-ring (bicyclic) bond motifs is 3. The average molecular weight is 330 g/mol. The van der Waals surface area contributed by atoms with E-state index in [0.717, 1.165) is 24.6 Å². The van der Waals surface area contributed by atoms with Crippen LogP contribution in [0.3, 0.4) is 0 Å². The molecule has 1 heterocycles. The van der Waals surface area contributed by atoms with E-state index in [-0.39, 0.29) is 12.4 Å². The summed E-state index contributed by atoms with van der Waals surface area (Å²) >= 11 is 0. The normalized spacial score (nSPS) is 25.2. The summed E-state index contributed by atoms with van der Waals surface area (Å²) in [6.45, 7) is 1.12. The lowest BCUT2D eigenvalue weighted by molar-refractivity contribution is 0.372. The van der Waals surface area contributed by atoms with Crippen molar-refractivity contribution in [1.82, 2.24) is 5.32 Å². The Balaban J connectivity index is 0.00000156. The van der Waals surface area contributed by atoms with Crippen molar-refractivity contribution in [2.24, 2.45) is 5.92 Å². The van der Waals surface area contributed by atoms with Crippen molar-refractivity contribution in [2.75, 3.05) is 13.7 Å². The zero-order chi connectivity index (χ0) is 14.9. The van der Waals surface area contributed by atoms with Crippen molar-refractivity contribution in [3.8, 4) is 5.75 Å². The molecule has 2 aromatic carbocycles. The maximum absolute atomic E-state index is 5.35. The summed E-state index contributed by atoms with van der Waals surface area (Å²) in [5.41, 5.74) is 4.52. The lowest BCUT2D eigenvalue weighted by Gasteiger charge is -2.30. The van der Waals surface area contributed by atoms with Gasteiger partial charge in [-0.2, -0.15) is 0 Å². The van der Waals surface area contributed by atoms with Crippen LogP contribution in [-0.2, 0) is 12.8 Å². The standard InChI is InChI=1S/C20H23NO.ClH/c1-22-16-7-4-5-14(11-16)12-20-18-10-9-15-6-2-3-8-17(15)19(18)13-21-20;/h2-8,11,18-21H,9-10,12-13H2,1H3;1H/t18?,19-,20+;/m0./s1. The first-order valence-corrected chi connectivity index (χ1v) is 8.29. The topological polar surface area (TPSA) is 21.3 Å². The third-order valence-electron chi connectivity index (χ3n) is 5.42. The quantitative estimate of drug-likeness (QED) is 0.919. The Labute approximate surface area is 144 Å². The number of hydrogen-bond donors (Lipinski definition) is 1. The summed E-state index contributed by atoms with van der Waals surface area (Å²) < 4.78 is 5.35. The second kappa shape index (κ2) is 6.94. The monoisotopic (exact) mass is 329 g/mol. The van der Waals surface area contributed by atoms with Gasteiger partial charge in [-0.05, 0) is 54.0 Å². The van der Waals surface area contributed by atoms with E-state index in [1.807, 2.05) is 6.07 Å². The molecule has 1 fully saturated rings. The molecule has 0 amide bonds. The number of benzene rings is 2. The molecule has 1 aliphatic heterocycles. The molecule has 0 aromatic heterocycles. The molecule has 0 bridgehead atoms. The van der Waals surface area contributed by atoms with Crippen LogP contribution < -0.4 is 10.1 Å². The highest BCUT2D eigenvalue weighted by Crippen LogP contribution is 2.41. The first kappa shape index (κ1) is 16.4. The predicted molar refractivity (Wildman–Crippen MR) is 96.7 cm³/mol. The molecule has 3 heteroatoms. The zero-order valence-corrected chi connectivity index (χ0v) is 14.3. The minimum atomic E-state index is 0. The van der Waals surface area contributed by atoms with Gasteiger partial charge in [-0.3, -0.25) is 0 Å². The molecule has 1 saturated heterocycles. The van der Waals surface area contributed by atoms with Crippen LogP contribution in [0, 0.1) is 5.92 Å². The van der Waals surface area contributed by atoms with Crippen LogP contribution in [-0.4, -0.2) is 19.7 Å². The first-order valence-electron chi connectivity index (χ1n) is 8.29. The molecule has 2 aromatic rings. The van der Waals surface area contributed by atoms with E-state index in [9.17, 15) is 0 Å².